The highest BCUT2D eigenvalue weighted by molar-refractivity contribution is 7.80. The first-order valence-corrected chi connectivity index (χ1v) is 4.54. The SMILES string of the molecule is Cc1cc(CC(N)=S)c(F)cc1[N+](=O)[O-]. The Labute approximate surface area is 91.0 Å². The van der Waals surface area contributed by atoms with E-state index in [2.05, 4.69) is 12.2 Å². The number of aryl methyl sites for hydroxylation is 1. The van der Waals surface area contributed by atoms with E-state index in [1.807, 2.05) is 0 Å². The predicted molar refractivity (Wildman–Crippen MR) is 58.3 cm³/mol. The van der Waals surface area contributed by atoms with Gasteiger partial charge in [-0.15, -0.1) is 0 Å². The molecular weight excluding hydrogens is 219 g/mol. The van der Waals surface area contributed by atoms with Crippen molar-refractivity contribution in [2.45, 2.75) is 13.3 Å². The van der Waals surface area contributed by atoms with E-state index in [1.165, 1.54) is 6.07 Å². The molecule has 0 fully saturated rings. The van der Waals surface area contributed by atoms with Gasteiger partial charge in [0.1, 0.15) is 5.82 Å². The second kappa shape index (κ2) is 4.31. The molecule has 1 rings (SSSR count). The van der Waals surface area contributed by atoms with Crippen molar-refractivity contribution in [1.82, 2.24) is 0 Å². The number of benzene rings is 1. The molecule has 0 aliphatic rings. The molecule has 0 saturated carbocycles. The lowest BCUT2D eigenvalue weighted by Gasteiger charge is -2.04. The third-order valence-corrected chi connectivity index (χ3v) is 2.07. The van der Waals surface area contributed by atoms with Crippen LogP contribution in [0.2, 0.25) is 0 Å². The van der Waals surface area contributed by atoms with Gasteiger partial charge in [-0.1, -0.05) is 12.2 Å². The van der Waals surface area contributed by atoms with Crippen LogP contribution in [0.4, 0.5) is 10.1 Å². The minimum absolute atomic E-state index is 0.111. The molecule has 80 valence electrons. The van der Waals surface area contributed by atoms with E-state index in [-0.39, 0.29) is 22.7 Å². The van der Waals surface area contributed by atoms with Gasteiger partial charge in [-0.05, 0) is 18.6 Å². The van der Waals surface area contributed by atoms with Crippen molar-refractivity contribution in [3.63, 3.8) is 0 Å². The van der Waals surface area contributed by atoms with Crippen molar-refractivity contribution in [2.24, 2.45) is 5.73 Å². The molecule has 2 N–H and O–H groups in total. The summed E-state index contributed by atoms with van der Waals surface area (Å²) in [6, 6.07) is 2.29. The van der Waals surface area contributed by atoms with Crippen LogP contribution in [0.1, 0.15) is 11.1 Å². The summed E-state index contributed by atoms with van der Waals surface area (Å²) in [6.07, 6.45) is 0.111. The summed E-state index contributed by atoms with van der Waals surface area (Å²) in [4.78, 5) is 10.0. The van der Waals surface area contributed by atoms with Crippen LogP contribution in [0.5, 0.6) is 0 Å². The van der Waals surface area contributed by atoms with Gasteiger partial charge in [0, 0.05) is 12.0 Å². The van der Waals surface area contributed by atoms with E-state index in [0.29, 0.717) is 5.56 Å². The van der Waals surface area contributed by atoms with E-state index in [0.717, 1.165) is 6.07 Å². The third-order valence-electron chi connectivity index (χ3n) is 1.93. The Bertz CT molecular complexity index is 434. The second-order valence-corrected chi connectivity index (χ2v) is 3.65. The van der Waals surface area contributed by atoms with Crippen molar-refractivity contribution < 1.29 is 9.31 Å². The molecule has 0 amide bonds. The van der Waals surface area contributed by atoms with Gasteiger partial charge in [-0.3, -0.25) is 10.1 Å². The molecule has 0 radical (unpaired) electrons. The molecule has 0 aliphatic carbocycles. The van der Waals surface area contributed by atoms with Gasteiger partial charge in [0.2, 0.25) is 0 Å². The molecule has 0 heterocycles. The molecule has 0 unspecified atom stereocenters. The Balaban J connectivity index is 3.19. The normalized spacial score (nSPS) is 10.0. The lowest BCUT2D eigenvalue weighted by molar-refractivity contribution is -0.385. The van der Waals surface area contributed by atoms with Crippen LogP contribution in [0.15, 0.2) is 12.1 Å². The standard InChI is InChI=1S/C9H9FN2O2S/c1-5-2-6(3-9(11)15)7(10)4-8(5)12(13)14/h2,4H,3H2,1H3,(H2,11,15). The lowest BCUT2D eigenvalue weighted by Crippen LogP contribution is -2.12. The largest absolute Gasteiger partial charge is 0.393 e. The Morgan fingerprint density at radius 2 is 2.27 bits per heavy atom. The second-order valence-electron chi connectivity index (χ2n) is 3.13. The van der Waals surface area contributed by atoms with E-state index >= 15 is 0 Å². The number of hydrogen-bond acceptors (Lipinski definition) is 3. The average molecular weight is 228 g/mol. The first-order chi connectivity index (χ1) is 6.91. The topological polar surface area (TPSA) is 69.2 Å². The molecule has 1 aromatic carbocycles. The van der Waals surface area contributed by atoms with Crippen LogP contribution in [0, 0.1) is 22.9 Å². The predicted octanol–water partition coefficient (Wildman–Crippen LogP) is 1.87. The van der Waals surface area contributed by atoms with Crippen LogP contribution >= 0.6 is 12.2 Å². The quantitative estimate of drug-likeness (QED) is 0.487. The zero-order valence-electron chi connectivity index (χ0n) is 7.99. The fraction of sp³-hybridized carbons (Fsp3) is 0.222. The summed E-state index contributed by atoms with van der Waals surface area (Å²) < 4.78 is 13.3. The maximum Gasteiger partial charge on any atom is 0.275 e. The third kappa shape index (κ3) is 2.69. The first-order valence-electron chi connectivity index (χ1n) is 4.13. The van der Waals surface area contributed by atoms with E-state index < -0.39 is 10.7 Å². The number of rotatable bonds is 3. The zero-order valence-corrected chi connectivity index (χ0v) is 8.81. The first kappa shape index (κ1) is 11.5. The Morgan fingerprint density at radius 1 is 1.67 bits per heavy atom. The summed E-state index contributed by atoms with van der Waals surface area (Å²) in [6.45, 7) is 1.54. The van der Waals surface area contributed by atoms with Gasteiger partial charge in [0.25, 0.3) is 5.69 Å². The summed E-state index contributed by atoms with van der Waals surface area (Å²) in [5, 5.41) is 10.5. The van der Waals surface area contributed by atoms with Crippen LogP contribution in [0.25, 0.3) is 0 Å². The molecule has 0 spiro atoms. The van der Waals surface area contributed by atoms with Gasteiger partial charge >= 0.3 is 0 Å². The van der Waals surface area contributed by atoms with Crippen molar-refractivity contribution in [3.8, 4) is 0 Å². The van der Waals surface area contributed by atoms with Gasteiger partial charge in [-0.2, -0.15) is 0 Å². The molecular formula is C9H9FN2O2S. The van der Waals surface area contributed by atoms with E-state index in [1.54, 1.807) is 6.92 Å². The number of nitrogens with zero attached hydrogens (tertiary/aromatic N) is 1. The molecule has 1 aromatic rings. The molecule has 0 aromatic heterocycles. The Morgan fingerprint density at radius 3 is 2.73 bits per heavy atom. The summed E-state index contributed by atoms with van der Waals surface area (Å²) in [5.41, 5.74) is 5.71. The number of nitrogens with two attached hydrogens (primary N) is 1. The van der Waals surface area contributed by atoms with Crippen molar-refractivity contribution in [2.75, 3.05) is 0 Å². The average Bonchev–Trinajstić information content (AvgIpc) is 2.09. The van der Waals surface area contributed by atoms with Crippen LogP contribution in [0.3, 0.4) is 0 Å². The number of thiocarbonyl (C=S) groups is 1. The van der Waals surface area contributed by atoms with Gasteiger partial charge in [0.05, 0.1) is 16.0 Å². The summed E-state index contributed by atoms with van der Waals surface area (Å²) in [5.74, 6) is -0.653. The molecule has 0 bridgehead atoms. The van der Waals surface area contributed by atoms with E-state index in [4.69, 9.17) is 5.73 Å². The lowest BCUT2D eigenvalue weighted by atomic mass is 10.1. The van der Waals surface area contributed by atoms with E-state index in [9.17, 15) is 14.5 Å². The van der Waals surface area contributed by atoms with Crippen LogP contribution in [-0.2, 0) is 6.42 Å². The van der Waals surface area contributed by atoms with Gasteiger partial charge in [0.15, 0.2) is 0 Å². The highest BCUT2D eigenvalue weighted by Gasteiger charge is 2.15. The molecule has 15 heavy (non-hydrogen) atoms. The molecule has 0 aliphatic heterocycles. The Hall–Kier alpha value is -1.56. The Kier molecular flexibility index (Phi) is 3.31. The maximum atomic E-state index is 13.3. The van der Waals surface area contributed by atoms with Crippen molar-refractivity contribution >= 4 is 22.9 Å². The maximum absolute atomic E-state index is 13.3. The molecule has 6 heteroatoms. The molecule has 0 atom stereocenters. The smallest absolute Gasteiger partial charge is 0.275 e. The minimum atomic E-state index is -0.653. The minimum Gasteiger partial charge on any atom is -0.393 e. The monoisotopic (exact) mass is 228 g/mol. The van der Waals surface area contributed by atoms with Crippen LogP contribution in [-0.4, -0.2) is 9.91 Å². The highest BCUT2D eigenvalue weighted by Crippen LogP contribution is 2.22. The van der Waals surface area contributed by atoms with Crippen molar-refractivity contribution in [3.05, 3.63) is 39.2 Å². The number of nitro groups is 1. The highest BCUT2D eigenvalue weighted by atomic mass is 32.1. The summed E-state index contributed by atoms with van der Waals surface area (Å²) >= 11 is 4.64. The fourth-order valence-electron chi connectivity index (χ4n) is 1.25. The van der Waals surface area contributed by atoms with Gasteiger partial charge < -0.3 is 5.73 Å². The van der Waals surface area contributed by atoms with Gasteiger partial charge in [-0.25, -0.2) is 4.39 Å². The number of hydrogen-bond donors (Lipinski definition) is 1. The summed E-state index contributed by atoms with van der Waals surface area (Å²) in [7, 11) is 0. The zero-order chi connectivity index (χ0) is 11.6. The molecule has 4 nitrogen and oxygen atoms in total. The van der Waals surface area contributed by atoms with Crippen molar-refractivity contribution in [1.29, 1.82) is 0 Å². The number of halogens is 1. The fourth-order valence-corrected chi connectivity index (χ4v) is 1.41. The number of nitro benzene ring substituents is 1. The molecule has 0 saturated heterocycles. The van der Waals surface area contributed by atoms with Crippen LogP contribution < -0.4 is 5.73 Å².